The van der Waals surface area contributed by atoms with Crippen LogP contribution in [0.3, 0.4) is 0 Å². The van der Waals surface area contributed by atoms with E-state index in [1.54, 1.807) is 42.5 Å². The number of hydrogen-bond acceptors (Lipinski definition) is 4. The summed E-state index contributed by atoms with van der Waals surface area (Å²) < 4.78 is 29.7. The number of carbonyl (C=O) groups excluding carboxylic acids is 1. The van der Waals surface area contributed by atoms with E-state index < -0.39 is 10.0 Å². The molecule has 6 nitrogen and oxygen atoms in total. The van der Waals surface area contributed by atoms with Gasteiger partial charge in [0.1, 0.15) is 16.4 Å². The van der Waals surface area contributed by atoms with Crippen LogP contribution in [0, 0.1) is 0 Å². The second-order valence-electron chi connectivity index (χ2n) is 6.08. The Labute approximate surface area is 178 Å². The Morgan fingerprint density at radius 1 is 1.00 bits per heavy atom. The molecule has 150 valence electrons. The lowest BCUT2D eigenvalue weighted by Gasteiger charge is -2.13. The number of amides is 1. The van der Waals surface area contributed by atoms with Gasteiger partial charge >= 0.3 is 0 Å². The molecule has 3 aromatic carbocycles. The van der Waals surface area contributed by atoms with Gasteiger partial charge in [0, 0.05) is 15.7 Å². The number of primary sulfonamides is 1. The first kappa shape index (κ1) is 21.1. The SMILES string of the molecule is NS(=O)(=O)c1cc(NC(=O)Cc2ccccc2Cl)ccc1Oc1cccc(Cl)c1. The second-order valence-corrected chi connectivity index (χ2v) is 8.46. The predicted octanol–water partition coefficient (Wildman–Crippen LogP) is 4.61. The maximum absolute atomic E-state index is 12.3. The molecule has 0 aromatic heterocycles. The first-order valence-electron chi connectivity index (χ1n) is 8.36. The molecule has 0 bridgehead atoms. The summed E-state index contributed by atoms with van der Waals surface area (Å²) in [6.07, 6.45) is 0.0329. The average Bonchev–Trinajstić information content (AvgIpc) is 2.64. The van der Waals surface area contributed by atoms with Crippen LogP contribution >= 0.6 is 23.2 Å². The molecular weight excluding hydrogens is 435 g/mol. The van der Waals surface area contributed by atoms with Crippen LogP contribution in [0.2, 0.25) is 10.0 Å². The van der Waals surface area contributed by atoms with Crippen molar-refractivity contribution < 1.29 is 17.9 Å². The maximum Gasteiger partial charge on any atom is 0.241 e. The van der Waals surface area contributed by atoms with E-state index >= 15 is 0 Å². The molecule has 0 spiro atoms. The minimum Gasteiger partial charge on any atom is -0.456 e. The van der Waals surface area contributed by atoms with Gasteiger partial charge in [0.2, 0.25) is 15.9 Å². The molecule has 0 saturated heterocycles. The Balaban J connectivity index is 1.84. The number of nitrogens with two attached hydrogens (primary N) is 1. The highest BCUT2D eigenvalue weighted by atomic mass is 35.5. The lowest BCUT2D eigenvalue weighted by atomic mass is 10.1. The highest BCUT2D eigenvalue weighted by Gasteiger charge is 2.18. The van der Waals surface area contributed by atoms with Gasteiger partial charge in [0.05, 0.1) is 6.42 Å². The highest BCUT2D eigenvalue weighted by Crippen LogP contribution is 2.31. The zero-order chi connectivity index (χ0) is 21.0. The van der Waals surface area contributed by atoms with Gasteiger partial charge in [-0.05, 0) is 48.0 Å². The molecule has 0 atom stereocenters. The van der Waals surface area contributed by atoms with Crippen molar-refractivity contribution in [2.24, 2.45) is 5.14 Å². The number of hydrogen-bond donors (Lipinski definition) is 2. The van der Waals surface area contributed by atoms with Crippen molar-refractivity contribution in [1.82, 2.24) is 0 Å². The van der Waals surface area contributed by atoms with Gasteiger partial charge in [-0.3, -0.25) is 4.79 Å². The topological polar surface area (TPSA) is 98.5 Å². The second kappa shape index (κ2) is 8.84. The van der Waals surface area contributed by atoms with Crippen molar-refractivity contribution in [2.45, 2.75) is 11.3 Å². The van der Waals surface area contributed by atoms with Crippen molar-refractivity contribution >= 4 is 44.8 Å². The molecule has 3 rings (SSSR count). The van der Waals surface area contributed by atoms with Crippen molar-refractivity contribution in [3.05, 3.63) is 82.3 Å². The average molecular weight is 451 g/mol. The van der Waals surface area contributed by atoms with Crippen molar-refractivity contribution in [2.75, 3.05) is 5.32 Å². The molecule has 1 amide bonds. The van der Waals surface area contributed by atoms with Gasteiger partial charge in [-0.1, -0.05) is 47.5 Å². The molecule has 0 unspecified atom stereocenters. The van der Waals surface area contributed by atoms with E-state index in [9.17, 15) is 13.2 Å². The fraction of sp³-hybridized carbons (Fsp3) is 0.0500. The molecule has 0 saturated carbocycles. The zero-order valence-electron chi connectivity index (χ0n) is 14.9. The number of halogens is 2. The van der Waals surface area contributed by atoms with Gasteiger partial charge < -0.3 is 10.1 Å². The lowest BCUT2D eigenvalue weighted by molar-refractivity contribution is -0.115. The van der Waals surface area contributed by atoms with Crippen LogP contribution in [0.4, 0.5) is 5.69 Å². The third kappa shape index (κ3) is 5.71. The number of anilines is 1. The number of carbonyl (C=O) groups is 1. The third-order valence-electron chi connectivity index (χ3n) is 3.87. The van der Waals surface area contributed by atoms with Gasteiger partial charge in [-0.25, -0.2) is 13.6 Å². The normalized spacial score (nSPS) is 11.1. The van der Waals surface area contributed by atoms with Gasteiger partial charge in [0.15, 0.2) is 0 Å². The third-order valence-corrected chi connectivity index (χ3v) is 5.40. The molecule has 0 heterocycles. The van der Waals surface area contributed by atoms with E-state index in [2.05, 4.69) is 5.32 Å². The largest absolute Gasteiger partial charge is 0.456 e. The van der Waals surface area contributed by atoms with Crippen molar-refractivity contribution in [1.29, 1.82) is 0 Å². The minimum atomic E-state index is -4.12. The predicted molar refractivity (Wildman–Crippen MR) is 113 cm³/mol. The van der Waals surface area contributed by atoms with E-state index in [1.165, 1.54) is 24.3 Å². The molecule has 3 aromatic rings. The van der Waals surface area contributed by atoms with Crippen LogP contribution in [0.5, 0.6) is 11.5 Å². The lowest BCUT2D eigenvalue weighted by Crippen LogP contribution is -2.17. The Kier molecular flexibility index (Phi) is 6.44. The summed E-state index contributed by atoms with van der Waals surface area (Å²) in [6.45, 7) is 0. The summed E-state index contributed by atoms with van der Waals surface area (Å²) in [5, 5.41) is 8.86. The van der Waals surface area contributed by atoms with Crippen LogP contribution in [-0.2, 0) is 21.2 Å². The molecule has 0 fully saturated rings. The van der Waals surface area contributed by atoms with Crippen LogP contribution in [0.15, 0.2) is 71.6 Å². The molecule has 0 aliphatic carbocycles. The molecule has 9 heteroatoms. The van der Waals surface area contributed by atoms with E-state index in [4.69, 9.17) is 33.1 Å². The Bertz CT molecular complexity index is 1170. The van der Waals surface area contributed by atoms with Crippen LogP contribution in [-0.4, -0.2) is 14.3 Å². The van der Waals surface area contributed by atoms with E-state index in [-0.39, 0.29) is 28.7 Å². The van der Waals surface area contributed by atoms with Gasteiger partial charge in [-0.15, -0.1) is 0 Å². The Morgan fingerprint density at radius 2 is 1.76 bits per heavy atom. The summed E-state index contributed by atoms with van der Waals surface area (Å²) in [6, 6.07) is 17.6. The number of benzene rings is 3. The van der Waals surface area contributed by atoms with Crippen LogP contribution in [0.25, 0.3) is 0 Å². The maximum atomic E-state index is 12.3. The highest BCUT2D eigenvalue weighted by molar-refractivity contribution is 7.89. The van der Waals surface area contributed by atoms with Crippen molar-refractivity contribution in [3.63, 3.8) is 0 Å². The fourth-order valence-electron chi connectivity index (χ4n) is 2.57. The van der Waals surface area contributed by atoms with Gasteiger partial charge in [-0.2, -0.15) is 0 Å². The smallest absolute Gasteiger partial charge is 0.241 e. The molecule has 3 N–H and O–H groups in total. The van der Waals surface area contributed by atoms with Gasteiger partial charge in [0.25, 0.3) is 0 Å². The van der Waals surface area contributed by atoms with Crippen LogP contribution < -0.4 is 15.2 Å². The van der Waals surface area contributed by atoms with E-state index in [1.807, 2.05) is 0 Å². The Morgan fingerprint density at radius 3 is 2.45 bits per heavy atom. The molecule has 0 aliphatic heterocycles. The molecule has 0 radical (unpaired) electrons. The molecule has 0 aliphatic rings. The standard InChI is InChI=1S/C20H16Cl2N2O4S/c21-14-5-3-6-16(11-14)28-18-9-8-15(12-19(18)29(23,26)27)24-20(25)10-13-4-1-2-7-17(13)22/h1-9,11-12H,10H2,(H,24,25)(H2,23,26,27). The summed E-state index contributed by atoms with van der Waals surface area (Å²) in [5.74, 6) is -0.00115. The summed E-state index contributed by atoms with van der Waals surface area (Å²) in [7, 11) is -4.12. The minimum absolute atomic E-state index is 0.0128. The first-order chi connectivity index (χ1) is 13.7. The number of ether oxygens (including phenoxy) is 1. The van der Waals surface area contributed by atoms with Crippen LogP contribution in [0.1, 0.15) is 5.56 Å². The fourth-order valence-corrected chi connectivity index (χ4v) is 3.63. The molecular formula is C20H16Cl2N2O4S. The van der Waals surface area contributed by atoms with E-state index in [0.29, 0.717) is 21.4 Å². The monoisotopic (exact) mass is 450 g/mol. The summed E-state index contributed by atoms with van der Waals surface area (Å²) in [5.41, 5.74) is 0.906. The van der Waals surface area contributed by atoms with E-state index in [0.717, 1.165) is 0 Å². The first-order valence-corrected chi connectivity index (χ1v) is 10.7. The zero-order valence-corrected chi connectivity index (χ0v) is 17.3. The summed E-state index contributed by atoms with van der Waals surface area (Å²) >= 11 is 12.0. The van der Waals surface area contributed by atoms with Crippen molar-refractivity contribution in [3.8, 4) is 11.5 Å². The number of nitrogens with one attached hydrogen (secondary N) is 1. The molecule has 29 heavy (non-hydrogen) atoms. The quantitative estimate of drug-likeness (QED) is 0.572. The summed E-state index contributed by atoms with van der Waals surface area (Å²) in [4.78, 5) is 12.0. The number of rotatable bonds is 6. The number of sulfonamides is 1. The Hall–Kier alpha value is -2.58.